The van der Waals surface area contributed by atoms with E-state index in [1.807, 2.05) is 6.07 Å². The van der Waals surface area contributed by atoms with Gasteiger partial charge in [-0.05, 0) is 30.3 Å². The highest BCUT2D eigenvalue weighted by atomic mass is 35.5. The second-order valence-electron chi connectivity index (χ2n) is 3.60. The number of benzene rings is 2. The maximum atomic E-state index is 9.58. The zero-order chi connectivity index (χ0) is 13.0. The fourth-order valence-corrected chi connectivity index (χ4v) is 1.58. The van der Waals surface area contributed by atoms with Crippen LogP contribution in [0.25, 0.3) is 0 Å². The number of halogens is 1. The molecule has 0 aliphatic heterocycles. The van der Waals surface area contributed by atoms with Crippen LogP contribution in [0.1, 0.15) is 11.1 Å². The van der Waals surface area contributed by atoms with E-state index in [2.05, 4.69) is 4.99 Å². The zero-order valence-electron chi connectivity index (χ0n) is 9.34. The number of aromatic hydroxyl groups is 1. The molecule has 0 saturated heterocycles. The summed E-state index contributed by atoms with van der Waals surface area (Å²) >= 11 is 5.97. The first-order valence-corrected chi connectivity index (χ1v) is 5.60. The minimum atomic E-state index is 0.147. The predicted molar refractivity (Wildman–Crippen MR) is 71.5 cm³/mol. The largest absolute Gasteiger partial charge is 0.507 e. The second-order valence-corrected chi connectivity index (χ2v) is 4.00. The minimum Gasteiger partial charge on any atom is -0.507 e. The maximum absolute atomic E-state index is 9.58. The molecule has 0 unspecified atom stereocenters. The van der Waals surface area contributed by atoms with Crippen molar-refractivity contribution in [1.29, 1.82) is 5.26 Å². The van der Waals surface area contributed by atoms with Crippen molar-refractivity contribution in [3.63, 3.8) is 0 Å². The smallest absolute Gasteiger partial charge is 0.124 e. The molecule has 0 radical (unpaired) electrons. The number of nitrogens with zero attached hydrogens (tertiary/aromatic N) is 2. The number of hydrogen-bond acceptors (Lipinski definition) is 3. The summed E-state index contributed by atoms with van der Waals surface area (Å²) in [5, 5.41) is 18.8. The topological polar surface area (TPSA) is 56.4 Å². The number of para-hydroxylation sites is 1. The summed E-state index contributed by atoms with van der Waals surface area (Å²) in [6.07, 6.45) is 1.51. The molecule has 0 aromatic heterocycles. The molecule has 0 spiro atoms. The van der Waals surface area contributed by atoms with E-state index in [0.717, 1.165) is 0 Å². The zero-order valence-corrected chi connectivity index (χ0v) is 10.1. The van der Waals surface area contributed by atoms with Gasteiger partial charge >= 0.3 is 0 Å². The summed E-state index contributed by atoms with van der Waals surface area (Å²) in [4.78, 5) is 4.18. The first-order valence-electron chi connectivity index (χ1n) is 5.22. The van der Waals surface area contributed by atoms with Gasteiger partial charge < -0.3 is 5.11 Å². The standard InChI is InChI=1S/C14H9ClN2O/c15-12-6-5-10(8-16)7-13(12)17-9-11-3-1-2-4-14(11)18/h1-7,9,18H. The number of phenols is 1. The molecule has 0 heterocycles. The lowest BCUT2D eigenvalue weighted by atomic mass is 10.2. The molecule has 2 rings (SSSR count). The third-order valence-electron chi connectivity index (χ3n) is 2.35. The van der Waals surface area contributed by atoms with Crippen molar-refractivity contribution >= 4 is 23.5 Å². The average Bonchev–Trinajstić information content (AvgIpc) is 2.39. The van der Waals surface area contributed by atoms with Crippen molar-refractivity contribution in [2.45, 2.75) is 0 Å². The van der Waals surface area contributed by atoms with E-state index < -0.39 is 0 Å². The van der Waals surface area contributed by atoms with Gasteiger partial charge in [-0.1, -0.05) is 23.7 Å². The number of nitriles is 1. The van der Waals surface area contributed by atoms with Crippen LogP contribution in [0, 0.1) is 11.3 Å². The van der Waals surface area contributed by atoms with Gasteiger partial charge in [-0.25, -0.2) is 0 Å². The molecule has 0 atom stereocenters. The summed E-state index contributed by atoms with van der Waals surface area (Å²) in [6, 6.07) is 13.7. The van der Waals surface area contributed by atoms with Crippen LogP contribution in [0.4, 0.5) is 5.69 Å². The van der Waals surface area contributed by atoms with Crippen LogP contribution >= 0.6 is 11.6 Å². The predicted octanol–water partition coefficient (Wildman–Crippen LogP) is 3.67. The van der Waals surface area contributed by atoms with Gasteiger partial charge in [0.15, 0.2) is 0 Å². The van der Waals surface area contributed by atoms with Gasteiger partial charge in [0.1, 0.15) is 5.75 Å². The molecule has 4 heteroatoms. The Labute approximate surface area is 110 Å². The van der Waals surface area contributed by atoms with E-state index in [0.29, 0.717) is 21.8 Å². The third kappa shape index (κ3) is 2.68. The highest BCUT2D eigenvalue weighted by molar-refractivity contribution is 6.33. The normalized spacial score (nSPS) is 10.4. The van der Waals surface area contributed by atoms with Crippen LogP contribution in [-0.4, -0.2) is 11.3 Å². The SMILES string of the molecule is N#Cc1ccc(Cl)c(N=Cc2ccccc2O)c1. The lowest BCUT2D eigenvalue weighted by Crippen LogP contribution is -1.82. The highest BCUT2D eigenvalue weighted by Crippen LogP contribution is 2.26. The minimum absolute atomic E-state index is 0.147. The number of phenolic OH excluding ortho intramolecular Hbond substituents is 1. The van der Waals surface area contributed by atoms with E-state index in [-0.39, 0.29) is 5.75 Å². The van der Waals surface area contributed by atoms with Crippen LogP contribution in [0.5, 0.6) is 5.75 Å². The van der Waals surface area contributed by atoms with Gasteiger partial charge in [0.2, 0.25) is 0 Å². The van der Waals surface area contributed by atoms with Crippen LogP contribution in [-0.2, 0) is 0 Å². The Morgan fingerprint density at radius 1 is 1.22 bits per heavy atom. The summed E-state index contributed by atoms with van der Waals surface area (Å²) in [5.41, 5.74) is 1.58. The monoisotopic (exact) mass is 256 g/mol. The van der Waals surface area contributed by atoms with Gasteiger partial charge in [-0.3, -0.25) is 4.99 Å². The second kappa shape index (κ2) is 5.35. The summed E-state index contributed by atoms with van der Waals surface area (Å²) in [7, 11) is 0. The first kappa shape index (κ1) is 12.2. The van der Waals surface area contributed by atoms with Gasteiger partial charge in [-0.15, -0.1) is 0 Å². The van der Waals surface area contributed by atoms with Gasteiger partial charge in [-0.2, -0.15) is 5.26 Å². The molecule has 3 nitrogen and oxygen atoms in total. The quantitative estimate of drug-likeness (QED) is 0.834. The van der Waals surface area contributed by atoms with Crippen LogP contribution in [0.15, 0.2) is 47.5 Å². The molecular weight excluding hydrogens is 248 g/mol. The van der Waals surface area contributed by atoms with Crippen molar-refractivity contribution in [2.75, 3.05) is 0 Å². The van der Waals surface area contributed by atoms with Gasteiger partial charge in [0.05, 0.1) is 22.3 Å². The molecule has 2 aromatic carbocycles. The van der Waals surface area contributed by atoms with E-state index in [1.54, 1.807) is 42.5 Å². The Balaban J connectivity index is 2.35. The van der Waals surface area contributed by atoms with E-state index >= 15 is 0 Å². The molecule has 1 N–H and O–H groups in total. The fraction of sp³-hybridized carbons (Fsp3) is 0. The molecule has 18 heavy (non-hydrogen) atoms. The highest BCUT2D eigenvalue weighted by Gasteiger charge is 2.01. The van der Waals surface area contributed by atoms with Crippen molar-refractivity contribution in [3.8, 4) is 11.8 Å². The lowest BCUT2D eigenvalue weighted by Gasteiger charge is -1.99. The van der Waals surface area contributed by atoms with Gasteiger partial charge in [0.25, 0.3) is 0 Å². The molecule has 0 bridgehead atoms. The van der Waals surface area contributed by atoms with Crippen LogP contribution < -0.4 is 0 Å². The molecule has 88 valence electrons. The van der Waals surface area contributed by atoms with Crippen molar-refractivity contribution < 1.29 is 5.11 Å². The Hall–Kier alpha value is -2.31. The third-order valence-corrected chi connectivity index (χ3v) is 2.67. The average molecular weight is 257 g/mol. The number of hydrogen-bond donors (Lipinski definition) is 1. The maximum Gasteiger partial charge on any atom is 0.124 e. The fourth-order valence-electron chi connectivity index (χ4n) is 1.42. The van der Waals surface area contributed by atoms with Crippen molar-refractivity contribution in [1.82, 2.24) is 0 Å². The van der Waals surface area contributed by atoms with Crippen LogP contribution in [0.3, 0.4) is 0 Å². The Morgan fingerprint density at radius 2 is 2.00 bits per heavy atom. The van der Waals surface area contributed by atoms with E-state index in [4.69, 9.17) is 16.9 Å². The Bertz CT molecular complexity index is 644. The van der Waals surface area contributed by atoms with E-state index in [9.17, 15) is 5.11 Å². The van der Waals surface area contributed by atoms with Crippen molar-refractivity contribution in [2.24, 2.45) is 4.99 Å². The van der Waals surface area contributed by atoms with Gasteiger partial charge in [0, 0.05) is 11.8 Å². The number of rotatable bonds is 2. The number of aliphatic imine (C=N–C) groups is 1. The molecule has 0 aliphatic rings. The van der Waals surface area contributed by atoms with Crippen molar-refractivity contribution in [3.05, 3.63) is 58.6 Å². The first-order chi connectivity index (χ1) is 8.70. The summed E-state index contributed by atoms with van der Waals surface area (Å²) in [5.74, 6) is 0.147. The summed E-state index contributed by atoms with van der Waals surface area (Å²) < 4.78 is 0. The lowest BCUT2D eigenvalue weighted by molar-refractivity contribution is 0.474. The van der Waals surface area contributed by atoms with E-state index in [1.165, 1.54) is 6.21 Å². The Morgan fingerprint density at radius 3 is 2.72 bits per heavy atom. The molecule has 0 fully saturated rings. The molecule has 0 saturated carbocycles. The molecular formula is C14H9ClN2O. The Kier molecular flexibility index (Phi) is 3.61. The molecule has 0 aliphatic carbocycles. The van der Waals surface area contributed by atoms with Crippen LogP contribution in [0.2, 0.25) is 5.02 Å². The molecule has 0 amide bonds. The summed E-state index contributed by atoms with van der Waals surface area (Å²) in [6.45, 7) is 0. The molecule has 2 aromatic rings.